The van der Waals surface area contributed by atoms with Gasteiger partial charge in [-0.3, -0.25) is 4.79 Å². The molecule has 0 spiro atoms. The number of ketones is 1. The molecule has 0 saturated heterocycles. The van der Waals surface area contributed by atoms with Gasteiger partial charge in [0.1, 0.15) is 5.71 Å². The van der Waals surface area contributed by atoms with Crippen LogP contribution in [0.1, 0.15) is 15.9 Å². The lowest BCUT2D eigenvalue weighted by atomic mass is 10.00. The molecule has 2 aromatic carbocycles. The van der Waals surface area contributed by atoms with Crippen molar-refractivity contribution in [2.45, 2.75) is 11.3 Å². The fourth-order valence-electron chi connectivity index (χ4n) is 2.50. The number of thioether (sulfide) groups is 1. The Balaban J connectivity index is 2.30. The monoisotopic (exact) mass is 375 g/mol. The molecule has 0 saturated carbocycles. The maximum Gasteiger partial charge on any atom is 0.210 e. The number of oxime groups is 1. The molecule has 6 nitrogen and oxygen atoms in total. The Morgan fingerprint density at radius 1 is 1.04 bits per heavy atom. The minimum atomic E-state index is -0.339. The topological polar surface area (TPSA) is 77.4 Å². The molecule has 0 fully saturated rings. The number of ether oxygens (including phenoxy) is 3. The summed E-state index contributed by atoms with van der Waals surface area (Å²) in [6.45, 7) is 0. The third-order valence-electron chi connectivity index (χ3n) is 3.83. The van der Waals surface area contributed by atoms with Crippen molar-refractivity contribution in [3.05, 3.63) is 47.5 Å². The molecule has 0 aliphatic carbocycles. The number of hydrogen-bond acceptors (Lipinski definition) is 7. The number of hydrogen-bond donors (Lipinski definition) is 1. The van der Waals surface area contributed by atoms with E-state index < -0.39 is 0 Å². The molecule has 2 rings (SSSR count). The van der Waals surface area contributed by atoms with Gasteiger partial charge in [-0.05, 0) is 48.2 Å². The van der Waals surface area contributed by atoms with Crippen LogP contribution in [0.15, 0.2) is 46.4 Å². The van der Waals surface area contributed by atoms with Crippen molar-refractivity contribution >= 4 is 23.3 Å². The van der Waals surface area contributed by atoms with Gasteiger partial charge in [0, 0.05) is 16.9 Å². The highest BCUT2D eigenvalue weighted by Gasteiger charge is 2.19. The van der Waals surface area contributed by atoms with Crippen LogP contribution < -0.4 is 14.2 Å². The number of Topliss-reactive ketones (excluding diaryl/α,β-unsaturated/α-hetero) is 1. The maximum atomic E-state index is 12.6. The first-order valence-electron chi connectivity index (χ1n) is 7.76. The second-order valence-corrected chi connectivity index (χ2v) is 6.19. The summed E-state index contributed by atoms with van der Waals surface area (Å²) in [4.78, 5) is 13.7. The maximum absolute atomic E-state index is 12.6. The van der Waals surface area contributed by atoms with Crippen LogP contribution in [-0.4, -0.2) is 44.3 Å². The highest BCUT2D eigenvalue weighted by atomic mass is 32.2. The fourth-order valence-corrected chi connectivity index (χ4v) is 2.91. The first-order chi connectivity index (χ1) is 12.6. The first-order valence-corrected chi connectivity index (χ1v) is 8.99. The van der Waals surface area contributed by atoms with Crippen molar-refractivity contribution in [2.24, 2.45) is 5.16 Å². The molecule has 0 heterocycles. The minimum absolute atomic E-state index is 0.0242. The van der Waals surface area contributed by atoms with Gasteiger partial charge in [-0.1, -0.05) is 5.16 Å². The number of nitrogens with zero attached hydrogens (tertiary/aromatic N) is 1. The third kappa shape index (κ3) is 4.29. The molecule has 0 aromatic heterocycles. The zero-order valence-corrected chi connectivity index (χ0v) is 15.9. The quantitative estimate of drug-likeness (QED) is 0.249. The van der Waals surface area contributed by atoms with Crippen LogP contribution in [0.2, 0.25) is 0 Å². The highest BCUT2D eigenvalue weighted by molar-refractivity contribution is 7.98. The number of methoxy groups -OCH3 is 3. The standard InChI is InChI=1S/C19H21NO5S/c1-23-16-10-12(11-17(24-2)19(16)25-3)9-15(20-22)18(21)13-5-7-14(26-4)8-6-13/h5-8,10-11,22H,9H2,1-4H3/b20-15-. The molecule has 0 bridgehead atoms. The molecule has 1 N–H and O–H groups in total. The summed E-state index contributed by atoms with van der Waals surface area (Å²) in [5, 5.41) is 12.6. The lowest BCUT2D eigenvalue weighted by Crippen LogP contribution is -2.17. The Morgan fingerprint density at radius 2 is 1.62 bits per heavy atom. The van der Waals surface area contributed by atoms with Gasteiger partial charge in [0.05, 0.1) is 21.3 Å². The SMILES string of the molecule is COc1cc(C/C(=N/O)C(=O)c2ccc(SC)cc2)cc(OC)c1OC. The summed E-state index contributed by atoms with van der Waals surface area (Å²) in [6.07, 6.45) is 2.08. The second-order valence-electron chi connectivity index (χ2n) is 5.31. The Labute approximate surface area is 156 Å². The molecular formula is C19H21NO5S. The minimum Gasteiger partial charge on any atom is -0.493 e. The normalized spacial score (nSPS) is 11.2. The predicted octanol–water partition coefficient (Wildman–Crippen LogP) is 3.69. The van der Waals surface area contributed by atoms with Crippen molar-refractivity contribution in [1.29, 1.82) is 0 Å². The van der Waals surface area contributed by atoms with E-state index in [1.807, 2.05) is 18.4 Å². The molecule has 0 radical (unpaired) electrons. The van der Waals surface area contributed by atoms with E-state index in [1.54, 1.807) is 36.0 Å². The van der Waals surface area contributed by atoms with Crippen molar-refractivity contribution < 1.29 is 24.2 Å². The number of carbonyl (C=O) groups excluding carboxylic acids is 1. The van der Waals surface area contributed by atoms with Gasteiger partial charge in [-0.25, -0.2) is 0 Å². The van der Waals surface area contributed by atoms with Gasteiger partial charge in [0.15, 0.2) is 11.5 Å². The van der Waals surface area contributed by atoms with Crippen LogP contribution >= 0.6 is 11.8 Å². The van der Waals surface area contributed by atoms with Crippen LogP contribution in [0.4, 0.5) is 0 Å². The molecule has 7 heteroatoms. The van der Waals surface area contributed by atoms with E-state index in [2.05, 4.69) is 5.16 Å². The zero-order chi connectivity index (χ0) is 19.1. The average Bonchev–Trinajstić information content (AvgIpc) is 2.70. The molecule has 0 atom stereocenters. The summed E-state index contributed by atoms with van der Waals surface area (Å²) in [6, 6.07) is 10.6. The molecule has 0 aliphatic heterocycles. The number of rotatable bonds is 8. The fraction of sp³-hybridized carbons (Fsp3) is 0.263. The van der Waals surface area contributed by atoms with Gasteiger partial charge in [-0.2, -0.15) is 0 Å². The Bertz CT molecular complexity index is 777. The zero-order valence-electron chi connectivity index (χ0n) is 15.1. The van der Waals surface area contributed by atoms with Gasteiger partial charge < -0.3 is 19.4 Å². The lowest BCUT2D eigenvalue weighted by Gasteiger charge is -2.14. The summed E-state index contributed by atoms with van der Waals surface area (Å²) in [7, 11) is 4.55. The number of carbonyl (C=O) groups is 1. The second kappa shape index (κ2) is 9.15. The molecule has 138 valence electrons. The third-order valence-corrected chi connectivity index (χ3v) is 4.57. The van der Waals surface area contributed by atoms with Crippen molar-refractivity contribution in [3.8, 4) is 17.2 Å². The van der Waals surface area contributed by atoms with Gasteiger partial charge in [0.25, 0.3) is 0 Å². The average molecular weight is 375 g/mol. The van der Waals surface area contributed by atoms with Crippen LogP contribution in [0, 0.1) is 0 Å². The summed E-state index contributed by atoms with van der Waals surface area (Å²) < 4.78 is 15.9. The van der Waals surface area contributed by atoms with E-state index in [9.17, 15) is 10.0 Å². The van der Waals surface area contributed by atoms with E-state index >= 15 is 0 Å². The van der Waals surface area contributed by atoms with E-state index in [4.69, 9.17) is 14.2 Å². The van der Waals surface area contributed by atoms with E-state index in [-0.39, 0.29) is 17.9 Å². The van der Waals surface area contributed by atoms with E-state index in [1.165, 1.54) is 21.3 Å². The van der Waals surface area contributed by atoms with Crippen LogP contribution in [0.5, 0.6) is 17.2 Å². The highest BCUT2D eigenvalue weighted by Crippen LogP contribution is 2.38. The molecule has 0 unspecified atom stereocenters. The van der Waals surface area contributed by atoms with Crippen LogP contribution in [-0.2, 0) is 6.42 Å². The Hall–Kier alpha value is -2.67. The lowest BCUT2D eigenvalue weighted by molar-refractivity contribution is 0.106. The van der Waals surface area contributed by atoms with Crippen LogP contribution in [0.3, 0.4) is 0 Å². The van der Waals surface area contributed by atoms with Gasteiger partial charge in [0.2, 0.25) is 11.5 Å². The van der Waals surface area contributed by atoms with Crippen LogP contribution in [0.25, 0.3) is 0 Å². The Kier molecular flexibility index (Phi) is 6.91. The largest absolute Gasteiger partial charge is 0.493 e. The molecule has 2 aromatic rings. The number of benzene rings is 2. The van der Waals surface area contributed by atoms with Gasteiger partial charge >= 0.3 is 0 Å². The molecule has 26 heavy (non-hydrogen) atoms. The van der Waals surface area contributed by atoms with Gasteiger partial charge in [-0.15, -0.1) is 11.8 Å². The van der Waals surface area contributed by atoms with E-state index in [0.29, 0.717) is 28.4 Å². The molecule has 0 amide bonds. The van der Waals surface area contributed by atoms with Crippen molar-refractivity contribution in [3.63, 3.8) is 0 Å². The summed E-state index contributed by atoms with van der Waals surface area (Å²) in [5.41, 5.74) is 1.18. The summed E-state index contributed by atoms with van der Waals surface area (Å²) >= 11 is 1.59. The summed E-state index contributed by atoms with van der Waals surface area (Å²) in [5.74, 6) is 1.06. The van der Waals surface area contributed by atoms with Crippen molar-refractivity contribution in [1.82, 2.24) is 0 Å². The van der Waals surface area contributed by atoms with Crippen molar-refractivity contribution in [2.75, 3.05) is 27.6 Å². The predicted molar refractivity (Wildman–Crippen MR) is 102 cm³/mol. The van der Waals surface area contributed by atoms with E-state index in [0.717, 1.165) is 4.90 Å². The Morgan fingerprint density at radius 3 is 2.04 bits per heavy atom. The first kappa shape index (κ1) is 19.7. The molecule has 0 aliphatic rings. The molecular weight excluding hydrogens is 354 g/mol. The smallest absolute Gasteiger partial charge is 0.210 e.